The fourth-order valence-electron chi connectivity index (χ4n) is 2.11. The summed E-state index contributed by atoms with van der Waals surface area (Å²) in [6.45, 7) is 9.20. The molecule has 1 rings (SSSR count). The second kappa shape index (κ2) is 6.23. The van der Waals surface area contributed by atoms with Crippen molar-refractivity contribution >= 4 is 6.09 Å². The van der Waals surface area contributed by atoms with Crippen LogP contribution in [0.2, 0.25) is 0 Å². The molecular weight excluding hydrogens is 230 g/mol. The van der Waals surface area contributed by atoms with Crippen LogP contribution in [-0.2, 0) is 4.74 Å². The summed E-state index contributed by atoms with van der Waals surface area (Å²) in [5.41, 5.74) is 1.99. The lowest BCUT2D eigenvalue weighted by atomic mass is 9.97. The Bertz CT molecular complexity index is 312. The molecule has 0 unspecified atom stereocenters. The van der Waals surface area contributed by atoms with Gasteiger partial charge in [-0.25, -0.2) is 4.79 Å². The number of ether oxygens (including phenoxy) is 1. The largest absolute Gasteiger partial charge is 0.444 e. The second-order valence-electron chi connectivity index (χ2n) is 5.69. The molecule has 0 bridgehead atoms. The van der Waals surface area contributed by atoms with E-state index in [9.17, 15) is 9.90 Å². The van der Waals surface area contributed by atoms with Crippen molar-refractivity contribution in [2.75, 3.05) is 19.7 Å². The number of rotatable bonds is 2. The highest BCUT2D eigenvalue weighted by molar-refractivity contribution is 5.68. The highest BCUT2D eigenvalue weighted by Crippen LogP contribution is 2.23. The standard InChI is InChI=1S/C14H25NO3/c1-5-11(10-16)12-6-8-15(9-7-12)13(17)18-14(2,3)4/h16H,5-10H2,1-4H3. The Morgan fingerprint density at radius 1 is 1.33 bits per heavy atom. The Morgan fingerprint density at radius 2 is 1.89 bits per heavy atom. The molecule has 1 amide bonds. The van der Waals surface area contributed by atoms with E-state index < -0.39 is 5.60 Å². The van der Waals surface area contributed by atoms with Gasteiger partial charge in [-0.15, -0.1) is 0 Å². The van der Waals surface area contributed by atoms with Gasteiger partial charge in [0.15, 0.2) is 0 Å². The number of carbonyl (C=O) groups excluding carboxylic acids is 1. The van der Waals surface area contributed by atoms with E-state index in [1.807, 2.05) is 20.8 Å². The fraction of sp³-hybridized carbons (Fsp3) is 0.786. The zero-order chi connectivity index (χ0) is 13.8. The van der Waals surface area contributed by atoms with Gasteiger partial charge in [0, 0.05) is 13.1 Å². The lowest BCUT2D eigenvalue weighted by Crippen LogP contribution is -2.40. The predicted octanol–water partition coefficient (Wildman–Crippen LogP) is 2.72. The molecule has 18 heavy (non-hydrogen) atoms. The molecule has 1 aliphatic heterocycles. The van der Waals surface area contributed by atoms with Gasteiger partial charge in [0.25, 0.3) is 0 Å². The van der Waals surface area contributed by atoms with Gasteiger partial charge in [0.1, 0.15) is 5.60 Å². The SMILES string of the molecule is CCC(CO)=C1CCN(C(=O)OC(C)(C)C)CC1. The zero-order valence-electron chi connectivity index (χ0n) is 12.0. The molecule has 1 heterocycles. The Labute approximate surface area is 110 Å². The van der Waals surface area contributed by atoms with E-state index >= 15 is 0 Å². The second-order valence-corrected chi connectivity index (χ2v) is 5.69. The number of nitrogens with zero attached hydrogens (tertiary/aromatic N) is 1. The number of carbonyl (C=O) groups is 1. The Morgan fingerprint density at radius 3 is 2.28 bits per heavy atom. The Balaban J connectivity index is 2.54. The minimum absolute atomic E-state index is 0.137. The molecule has 0 aromatic rings. The monoisotopic (exact) mass is 255 g/mol. The van der Waals surface area contributed by atoms with Crippen LogP contribution in [0.1, 0.15) is 47.0 Å². The van der Waals surface area contributed by atoms with E-state index in [2.05, 4.69) is 6.92 Å². The molecule has 4 nitrogen and oxygen atoms in total. The molecule has 4 heteroatoms. The smallest absolute Gasteiger partial charge is 0.410 e. The van der Waals surface area contributed by atoms with Crippen LogP contribution < -0.4 is 0 Å². The highest BCUT2D eigenvalue weighted by atomic mass is 16.6. The van der Waals surface area contributed by atoms with Crippen molar-refractivity contribution in [3.8, 4) is 0 Å². The van der Waals surface area contributed by atoms with Crippen LogP contribution in [0.15, 0.2) is 11.1 Å². The number of likely N-dealkylation sites (tertiary alicyclic amines) is 1. The first-order chi connectivity index (χ1) is 8.37. The minimum atomic E-state index is -0.438. The predicted molar refractivity (Wildman–Crippen MR) is 71.4 cm³/mol. The maximum absolute atomic E-state index is 11.9. The van der Waals surface area contributed by atoms with Gasteiger partial charge in [-0.3, -0.25) is 0 Å². The van der Waals surface area contributed by atoms with E-state index in [-0.39, 0.29) is 12.7 Å². The maximum atomic E-state index is 11.9. The molecule has 1 saturated heterocycles. The third-order valence-electron chi connectivity index (χ3n) is 3.14. The molecule has 0 spiro atoms. The molecule has 0 radical (unpaired) electrons. The summed E-state index contributed by atoms with van der Waals surface area (Å²) in [6, 6.07) is 0. The Hall–Kier alpha value is -1.03. The number of piperidine rings is 1. The van der Waals surface area contributed by atoms with Crippen molar-refractivity contribution in [1.82, 2.24) is 4.90 Å². The van der Waals surface area contributed by atoms with Crippen LogP contribution in [-0.4, -0.2) is 41.4 Å². The molecule has 0 aliphatic carbocycles. The maximum Gasteiger partial charge on any atom is 0.410 e. The van der Waals surface area contributed by atoms with Gasteiger partial charge in [-0.05, 0) is 45.6 Å². The van der Waals surface area contributed by atoms with Gasteiger partial charge in [0.2, 0.25) is 0 Å². The average Bonchev–Trinajstić information content (AvgIpc) is 2.29. The summed E-state index contributed by atoms with van der Waals surface area (Å²) in [7, 11) is 0. The lowest BCUT2D eigenvalue weighted by Gasteiger charge is -2.31. The van der Waals surface area contributed by atoms with Crippen molar-refractivity contribution in [1.29, 1.82) is 0 Å². The summed E-state index contributed by atoms with van der Waals surface area (Å²) in [5.74, 6) is 0. The fourth-order valence-corrected chi connectivity index (χ4v) is 2.11. The zero-order valence-corrected chi connectivity index (χ0v) is 12.0. The first-order valence-electron chi connectivity index (χ1n) is 6.66. The van der Waals surface area contributed by atoms with Crippen LogP contribution in [0.3, 0.4) is 0 Å². The van der Waals surface area contributed by atoms with E-state index in [1.54, 1.807) is 4.90 Å². The van der Waals surface area contributed by atoms with Crippen LogP contribution in [0.5, 0.6) is 0 Å². The molecule has 1 fully saturated rings. The van der Waals surface area contributed by atoms with E-state index in [4.69, 9.17) is 4.74 Å². The number of hydrogen-bond donors (Lipinski definition) is 1. The summed E-state index contributed by atoms with van der Waals surface area (Å²) in [4.78, 5) is 13.6. The molecule has 0 atom stereocenters. The molecule has 1 aliphatic rings. The molecule has 0 aromatic heterocycles. The molecule has 0 saturated carbocycles. The van der Waals surface area contributed by atoms with Gasteiger partial charge >= 0.3 is 6.09 Å². The normalized spacial score (nSPS) is 16.7. The van der Waals surface area contributed by atoms with Gasteiger partial charge in [-0.1, -0.05) is 12.5 Å². The lowest BCUT2D eigenvalue weighted by molar-refractivity contribution is 0.0235. The topological polar surface area (TPSA) is 49.8 Å². The number of aliphatic hydroxyl groups is 1. The van der Waals surface area contributed by atoms with Crippen LogP contribution in [0.4, 0.5) is 4.79 Å². The third kappa shape index (κ3) is 4.33. The molecular formula is C14H25NO3. The van der Waals surface area contributed by atoms with Crippen molar-refractivity contribution in [2.24, 2.45) is 0 Å². The van der Waals surface area contributed by atoms with E-state index in [0.717, 1.165) is 24.8 Å². The van der Waals surface area contributed by atoms with Crippen molar-refractivity contribution in [2.45, 2.75) is 52.6 Å². The third-order valence-corrected chi connectivity index (χ3v) is 3.14. The molecule has 0 aromatic carbocycles. The quantitative estimate of drug-likeness (QED) is 0.772. The van der Waals surface area contributed by atoms with Crippen LogP contribution in [0, 0.1) is 0 Å². The molecule has 1 N–H and O–H groups in total. The van der Waals surface area contributed by atoms with Gasteiger partial charge in [0.05, 0.1) is 6.61 Å². The van der Waals surface area contributed by atoms with Crippen molar-refractivity contribution in [3.63, 3.8) is 0 Å². The summed E-state index contributed by atoms with van der Waals surface area (Å²) in [6.07, 6.45) is 2.35. The van der Waals surface area contributed by atoms with Crippen LogP contribution in [0.25, 0.3) is 0 Å². The minimum Gasteiger partial charge on any atom is -0.444 e. The summed E-state index contributed by atoms with van der Waals surface area (Å²) >= 11 is 0. The van der Waals surface area contributed by atoms with Gasteiger partial charge in [-0.2, -0.15) is 0 Å². The number of aliphatic hydroxyl groups excluding tert-OH is 1. The first-order valence-corrected chi connectivity index (χ1v) is 6.66. The molecule has 104 valence electrons. The van der Waals surface area contributed by atoms with Crippen molar-refractivity contribution in [3.05, 3.63) is 11.1 Å². The number of hydrogen-bond acceptors (Lipinski definition) is 3. The van der Waals surface area contributed by atoms with Gasteiger partial charge < -0.3 is 14.7 Å². The van der Waals surface area contributed by atoms with E-state index in [0.29, 0.717) is 13.1 Å². The van der Waals surface area contributed by atoms with Crippen molar-refractivity contribution < 1.29 is 14.6 Å². The first kappa shape index (κ1) is 15.0. The average molecular weight is 255 g/mol. The van der Waals surface area contributed by atoms with E-state index in [1.165, 1.54) is 5.57 Å². The summed E-state index contributed by atoms with van der Waals surface area (Å²) < 4.78 is 5.35. The van der Waals surface area contributed by atoms with Crippen LogP contribution >= 0.6 is 0 Å². The highest BCUT2D eigenvalue weighted by Gasteiger charge is 2.25. The Kier molecular flexibility index (Phi) is 5.20. The summed E-state index contributed by atoms with van der Waals surface area (Å²) in [5, 5.41) is 9.24. The number of amides is 1.